The topological polar surface area (TPSA) is 93.5 Å². The highest BCUT2D eigenvalue weighted by molar-refractivity contribution is 7.89. The van der Waals surface area contributed by atoms with Gasteiger partial charge in [0.1, 0.15) is 5.82 Å². The highest BCUT2D eigenvalue weighted by Crippen LogP contribution is 2.38. The quantitative estimate of drug-likeness (QED) is 0.749. The standard InChI is InChI=1S/C19H24N4O4S/c24-19(21-8-10-22-9-7-20-18(22)15-1-2-15)16-3-5-17(6-4-16)28(25,26)23-11-13-27-14-12-23/h3-7,9,15H,1-2,8,10-14H2,(H,21,24). The van der Waals surface area contributed by atoms with E-state index in [0.29, 0.717) is 50.9 Å². The van der Waals surface area contributed by atoms with Crippen LogP contribution in [0.2, 0.25) is 0 Å². The monoisotopic (exact) mass is 404 g/mol. The van der Waals surface area contributed by atoms with E-state index in [2.05, 4.69) is 14.9 Å². The van der Waals surface area contributed by atoms with Crippen molar-refractivity contribution in [2.45, 2.75) is 30.2 Å². The predicted molar refractivity (Wildman–Crippen MR) is 103 cm³/mol. The number of imidazole rings is 1. The molecule has 0 bridgehead atoms. The molecule has 28 heavy (non-hydrogen) atoms. The van der Waals surface area contributed by atoms with Gasteiger partial charge in [0.15, 0.2) is 0 Å². The average molecular weight is 404 g/mol. The molecule has 8 nitrogen and oxygen atoms in total. The van der Waals surface area contributed by atoms with Crippen molar-refractivity contribution in [3.63, 3.8) is 0 Å². The maximum absolute atomic E-state index is 12.6. The van der Waals surface area contributed by atoms with Crippen molar-refractivity contribution < 1.29 is 17.9 Å². The van der Waals surface area contributed by atoms with E-state index < -0.39 is 10.0 Å². The molecule has 9 heteroatoms. The summed E-state index contributed by atoms with van der Waals surface area (Å²) in [7, 11) is -3.55. The number of benzene rings is 1. The molecule has 2 fully saturated rings. The molecule has 1 aliphatic heterocycles. The minimum absolute atomic E-state index is 0.193. The lowest BCUT2D eigenvalue weighted by Gasteiger charge is -2.26. The Bertz CT molecular complexity index is 929. The van der Waals surface area contributed by atoms with Gasteiger partial charge in [0, 0.05) is 50.1 Å². The highest BCUT2D eigenvalue weighted by atomic mass is 32.2. The van der Waals surface area contributed by atoms with E-state index in [1.807, 2.05) is 6.20 Å². The van der Waals surface area contributed by atoms with Gasteiger partial charge < -0.3 is 14.6 Å². The molecule has 1 aromatic carbocycles. The summed E-state index contributed by atoms with van der Waals surface area (Å²) in [5.41, 5.74) is 0.439. The van der Waals surface area contributed by atoms with E-state index in [9.17, 15) is 13.2 Å². The summed E-state index contributed by atoms with van der Waals surface area (Å²) in [5.74, 6) is 1.43. The van der Waals surface area contributed by atoms with Crippen molar-refractivity contribution in [1.29, 1.82) is 0 Å². The molecule has 1 amide bonds. The molecular weight excluding hydrogens is 380 g/mol. The minimum atomic E-state index is -3.55. The fourth-order valence-electron chi connectivity index (χ4n) is 3.32. The van der Waals surface area contributed by atoms with Crippen LogP contribution in [0.3, 0.4) is 0 Å². The number of carbonyl (C=O) groups is 1. The summed E-state index contributed by atoms with van der Waals surface area (Å²) in [6.45, 7) is 2.66. The Hall–Kier alpha value is -2.23. The first-order valence-corrected chi connectivity index (χ1v) is 11.0. The molecule has 1 saturated heterocycles. The lowest BCUT2D eigenvalue weighted by atomic mass is 10.2. The van der Waals surface area contributed by atoms with Crippen LogP contribution < -0.4 is 5.32 Å². The van der Waals surface area contributed by atoms with E-state index in [1.165, 1.54) is 29.3 Å². The number of morpholine rings is 1. The van der Waals surface area contributed by atoms with E-state index in [-0.39, 0.29) is 10.8 Å². The Labute approximate surface area is 164 Å². The van der Waals surface area contributed by atoms with E-state index >= 15 is 0 Å². The van der Waals surface area contributed by atoms with Gasteiger partial charge in [0.2, 0.25) is 10.0 Å². The number of nitrogens with zero attached hydrogens (tertiary/aromatic N) is 3. The molecule has 0 atom stereocenters. The minimum Gasteiger partial charge on any atom is -0.379 e. The van der Waals surface area contributed by atoms with Crippen molar-refractivity contribution in [2.24, 2.45) is 0 Å². The maximum atomic E-state index is 12.6. The Morgan fingerprint density at radius 2 is 1.89 bits per heavy atom. The van der Waals surface area contributed by atoms with Crippen molar-refractivity contribution in [1.82, 2.24) is 19.2 Å². The van der Waals surface area contributed by atoms with Gasteiger partial charge >= 0.3 is 0 Å². The first-order chi connectivity index (χ1) is 13.6. The summed E-state index contributed by atoms with van der Waals surface area (Å²) in [6, 6.07) is 6.08. The summed E-state index contributed by atoms with van der Waals surface area (Å²) in [5, 5.41) is 2.88. The fraction of sp³-hybridized carbons (Fsp3) is 0.474. The normalized spacial score (nSPS) is 18.1. The second-order valence-corrected chi connectivity index (χ2v) is 8.99. The van der Waals surface area contributed by atoms with Crippen LogP contribution in [0.15, 0.2) is 41.6 Å². The third kappa shape index (κ3) is 4.11. The summed E-state index contributed by atoms with van der Waals surface area (Å²) in [6.07, 6.45) is 6.10. The Balaban J connectivity index is 1.34. The largest absolute Gasteiger partial charge is 0.379 e. The van der Waals surface area contributed by atoms with Gasteiger partial charge in [0.05, 0.1) is 18.1 Å². The average Bonchev–Trinajstić information content (AvgIpc) is 3.47. The van der Waals surface area contributed by atoms with Crippen LogP contribution in [0.1, 0.15) is 34.9 Å². The first kappa shape index (κ1) is 19.1. The molecule has 2 aromatic rings. The van der Waals surface area contributed by atoms with Crippen LogP contribution in [-0.2, 0) is 21.3 Å². The number of carbonyl (C=O) groups excluding carboxylic acids is 1. The van der Waals surface area contributed by atoms with Gasteiger partial charge in [-0.05, 0) is 37.1 Å². The number of hydrogen-bond acceptors (Lipinski definition) is 5. The Morgan fingerprint density at radius 1 is 1.18 bits per heavy atom. The van der Waals surface area contributed by atoms with Gasteiger partial charge in [-0.2, -0.15) is 4.31 Å². The van der Waals surface area contributed by atoms with Crippen molar-refractivity contribution in [3.8, 4) is 0 Å². The number of nitrogens with one attached hydrogen (secondary N) is 1. The Kier molecular flexibility index (Phi) is 5.47. The van der Waals surface area contributed by atoms with E-state index in [4.69, 9.17) is 4.74 Å². The molecular formula is C19H24N4O4S. The van der Waals surface area contributed by atoms with Gasteiger partial charge in [-0.25, -0.2) is 13.4 Å². The van der Waals surface area contributed by atoms with E-state index in [0.717, 1.165) is 5.82 Å². The van der Waals surface area contributed by atoms with Crippen molar-refractivity contribution >= 4 is 15.9 Å². The summed E-state index contributed by atoms with van der Waals surface area (Å²) in [4.78, 5) is 16.9. The van der Waals surface area contributed by atoms with E-state index in [1.54, 1.807) is 18.3 Å². The molecule has 150 valence electrons. The SMILES string of the molecule is O=C(NCCn1ccnc1C1CC1)c1ccc(S(=O)(=O)N2CCOCC2)cc1. The number of ether oxygens (including phenoxy) is 1. The van der Waals surface area contributed by atoms with Crippen LogP contribution in [-0.4, -0.2) is 61.0 Å². The molecule has 0 radical (unpaired) electrons. The van der Waals surface area contributed by atoms with Gasteiger partial charge in [0.25, 0.3) is 5.91 Å². The van der Waals surface area contributed by atoms with Crippen LogP contribution in [0.25, 0.3) is 0 Å². The molecule has 4 rings (SSSR count). The zero-order valence-electron chi connectivity index (χ0n) is 15.6. The summed E-state index contributed by atoms with van der Waals surface area (Å²) >= 11 is 0. The summed E-state index contributed by atoms with van der Waals surface area (Å²) < 4.78 is 33.9. The van der Waals surface area contributed by atoms with Gasteiger partial charge in [-0.15, -0.1) is 0 Å². The smallest absolute Gasteiger partial charge is 0.251 e. The number of rotatable bonds is 7. The second kappa shape index (κ2) is 8.02. The molecule has 2 aliphatic rings. The lowest BCUT2D eigenvalue weighted by molar-refractivity contribution is 0.0730. The van der Waals surface area contributed by atoms with Crippen molar-refractivity contribution in [3.05, 3.63) is 48.0 Å². The molecule has 0 unspecified atom stereocenters. The van der Waals surface area contributed by atoms with Gasteiger partial charge in [-0.3, -0.25) is 4.79 Å². The third-order valence-electron chi connectivity index (χ3n) is 5.05. The molecule has 0 spiro atoms. The zero-order chi connectivity index (χ0) is 19.6. The molecule has 1 aromatic heterocycles. The zero-order valence-corrected chi connectivity index (χ0v) is 16.4. The molecule has 1 saturated carbocycles. The predicted octanol–water partition coefficient (Wildman–Crippen LogP) is 1.21. The van der Waals surface area contributed by atoms with Crippen LogP contribution in [0.5, 0.6) is 0 Å². The second-order valence-electron chi connectivity index (χ2n) is 7.05. The van der Waals surface area contributed by atoms with Crippen LogP contribution >= 0.6 is 0 Å². The lowest BCUT2D eigenvalue weighted by Crippen LogP contribution is -2.40. The van der Waals surface area contributed by atoms with Crippen molar-refractivity contribution in [2.75, 3.05) is 32.8 Å². The maximum Gasteiger partial charge on any atom is 0.251 e. The van der Waals surface area contributed by atoms with Crippen LogP contribution in [0.4, 0.5) is 0 Å². The van der Waals surface area contributed by atoms with Gasteiger partial charge in [-0.1, -0.05) is 0 Å². The molecule has 2 heterocycles. The molecule has 1 aliphatic carbocycles. The number of aromatic nitrogens is 2. The fourth-order valence-corrected chi connectivity index (χ4v) is 4.73. The Morgan fingerprint density at radius 3 is 2.57 bits per heavy atom. The van der Waals surface area contributed by atoms with Crippen LogP contribution in [0, 0.1) is 0 Å². The molecule has 1 N–H and O–H groups in total. The number of sulfonamides is 1. The third-order valence-corrected chi connectivity index (χ3v) is 6.97. The number of hydrogen-bond donors (Lipinski definition) is 1. The number of amides is 1. The highest BCUT2D eigenvalue weighted by Gasteiger charge is 2.28. The first-order valence-electron chi connectivity index (χ1n) is 9.53.